The molecular formula is C21H20Cl2N4O2. The van der Waals surface area contributed by atoms with Gasteiger partial charge in [-0.25, -0.2) is 4.68 Å². The molecule has 0 saturated heterocycles. The summed E-state index contributed by atoms with van der Waals surface area (Å²) >= 11 is 12.6. The van der Waals surface area contributed by atoms with E-state index in [1.165, 1.54) is 0 Å². The monoisotopic (exact) mass is 430 g/mol. The Kier molecular flexibility index (Phi) is 6.90. The third-order valence-corrected chi connectivity index (χ3v) is 5.06. The molecule has 0 radical (unpaired) electrons. The Labute approximate surface area is 178 Å². The van der Waals surface area contributed by atoms with Crippen molar-refractivity contribution >= 4 is 35.0 Å². The molecule has 2 aromatic carbocycles. The average Bonchev–Trinajstić information content (AvgIpc) is 3.00. The molecule has 0 unspecified atom stereocenters. The number of hydrogen-bond donors (Lipinski definition) is 2. The van der Waals surface area contributed by atoms with Gasteiger partial charge >= 0.3 is 0 Å². The van der Waals surface area contributed by atoms with Crippen molar-refractivity contribution in [3.05, 3.63) is 87.2 Å². The van der Waals surface area contributed by atoms with Crippen LogP contribution in [0.4, 0.5) is 0 Å². The Morgan fingerprint density at radius 1 is 0.931 bits per heavy atom. The maximum Gasteiger partial charge on any atom is 0.256 e. The highest BCUT2D eigenvalue weighted by molar-refractivity contribution is 6.33. The highest BCUT2D eigenvalue weighted by Crippen LogP contribution is 2.23. The van der Waals surface area contributed by atoms with Gasteiger partial charge < -0.3 is 10.6 Å². The second-order valence-electron chi connectivity index (χ2n) is 6.38. The molecule has 0 spiro atoms. The van der Waals surface area contributed by atoms with Crippen molar-refractivity contribution in [2.75, 3.05) is 13.1 Å². The van der Waals surface area contributed by atoms with Crippen LogP contribution in [0.15, 0.2) is 54.6 Å². The standard InChI is InChI=1S/C21H20Cl2N4O2/c1-14-18(19(23)27(26-14)13-16-9-5-6-10-17(16)22)21(29)25-12-11-24-20(28)15-7-3-2-4-8-15/h2-10H,11-13H2,1H3,(H,24,28)(H,25,29). The Morgan fingerprint density at radius 2 is 1.55 bits per heavy atom. The van der Waals surface area contributed by atoms with Gasteiger partial charge in [0.1, 0.15) is 5.15 Å². The fraction of sp³-hybridized carbons (Fsp3) is 0.190. The third kappa shape index (κ3) is 5.16. The van der Waals surface area contributed by atoms with Gasteiger partial charge in [-0.1, -0.05) is 59.6 Å². The van der Waals surface area contributed by atoms with Crippen LogP contribution in [0, 0.1) is 6.92 Å². The molecule has 0 aliphatic rings. The second-order valence-corrected chi connectivity index (χ2v) is 7.14. The lowest BCUT2D eigenvalue weighted by Gasteiger charge is -2.08. The fourth-order valence-electron chi connectivity index (χ4n) is 2.84. The molecule has 0 bridgehead atoms. The smallest absolute Gasteiger partial charge is 0.256 e. The molecule has 29 heavy (non-hydrogen) atoms. The number of aryl methyl sites for hydroxylation is 1. The number of carbonyl (C=O) groups is 2. The molecule has 2 N–H and O–H groups in total. The minimum atomic E-state index is -0.341. The van der Waals surface area contributed by atoms with Crippen LogP contribution in [0.25, 0.3) is 0 Å². The maximum absolute atomic E-state index is 12.5. The van der Waals surface area contributed by atoms with Crippen molar-refractivity contribution in [2.45, 2.75) is 13.5 Å². The predicted molar refractivity (Wildman–Crippen MR) is 114 cm³/mol. The molecule has 1 heterocycles. The van der Waals surface area contributed by atoms with Crippen molar-refractivity contribution in [1.82, 2.24) is 20.4 Å². The number of amides is 2. The Morgan fingerprint density at radius 3 is 2.24 bits per heavy atom. The number of rotatable bonds is 7. The van der Waals surface area contributed by atoms with Crippen LogP contribution in [-0.2, 0) is 6.54 Å². The van der Waals surface area contributed by atoms with Crippen LogP contribution < -0.4 is 10.6 Å². The van der Waals surface area contributed by atoms with Crippen LogP contribution >= 0.6 is 23.2 Å². The molecule has 6 nitrogen and oxygen atoms in total. The number of hydrogen-bond acceptors (Lipinski definition) is 3. The summed E-state index contributed by atoms with van der Waals surface area (Å²) in [5.74, 6) is -0.534. The van der Waals surface area contributed by atoms with Gasteiger partial charge in [-0.2, -0.15) is 5.10 Å². The number of nitrogens with one attached hydrogen (secondary N) is 2. The minimum Gasteiger partial charge on any atom is -0.350 e. The van der Waals surface area contributed by atoms with E-state index in [4.69, 9.17) is 23.2 Å². The maximum atomic E-state index is 12.5. The summed E-state index contributed by atoms with van der Waals surface area (Å²) < 4.78 is 1.55. The first kappa shape index (κ1) is 20.9. The zero-order valence-corrected chi connectivity index (χ0v) is 17.3. The first-order chi connectivity index (χ1) is 14.0. The molecule has 3 aromatic rings. The van der Waals surface area contributed by atoms with Gasteiger partial charge in [0, 0.05) is 23.7 Å². The molecule has 0 saturated carbocycles. The van der Waals surface area contributed by atoms with Crippen molar-refractivity contribution in [2.24, 2.45) is 0 Å². The molecule has 0 aliphatic heterocycles. The van der Waals surface area contributed by atoms with E-state index < -0.39 is 0 Å². The quantitative estimate of drug-likeness (QED) is 0.560. The van der Waals surface area contributed by atoms with E-state index in [1.54, 1.807) is 41.9 Å². The van der Waals surface area contributed by atoms with Gasteiger partial charge in [0.05, 0.1) is 17.8 Å². The van der Waals surface area contributed by atoms with E-state index >= 15 is 0 Å². The number of aromatic nitrogens is 2. The van der Waals surface area contributed by atoms with Crippen LogP contribution in [0.2, 0.25) is 10.2 Å². The van der Waals surface area contributed by atoms with Gasteiger partial charge in [-0.15, -0.1) is 0 Å². The van der Waals surface area contributed by atoms with Crippen molar-refractivity contribution in [3.63, 3.8) is 0 Å². The van der Waals surface area contributed by atoms with Crippen LogP contribution in [0.3, 0.4) is 0 Å². The van der Waals surface area contributed by atoms with E-state index in [9.17, 15) is 9.59 Å². The zero-order chi connectivity index (χ0) is 20.8. The molecule has 2 amide bonds. The molecule has 150 valence electrons. The Hall–Kier alpha value is -2.83. The van der Waals surface area contributed by atoms with Gasteiger partial charge in [0.15, 0.2) is 0 Å². The lowest BCUT2D eigenvalue weighted by atomic mass is 10.2. The molecular weight excluding hydrogens is 411 g/mol. The SMILES string of the molecule is Cc1nn(Cc2ccccc2Cl)c(Cl)c1C(=O)NCCNC(=O)c1ccccc1. The summed E-state index contributed by atoms with van der Waals surface area (Å²) in [6.45, 7) is 2.65. The highest BCUT2D eigenvalue weighted by Gasteiger charge is 2.20. The first-order valence-electron chi connectivity index (χ1n) is 9.05. The van der Waals surface area contributed by atoms with Gasteiger partial charge in [0.2, 0.25) is 0 Å². The van der Waals surface area contributed by atoms with E-state index in [-0.39, 0.29) is 23.5 Å². The number of benzene rings is 2. The number of halogens is 2. The molecule has 0 atom stereocenters. The summed E-state index contributed by atoms with van der Waals surface area (Å²) in [5, 5.41) is 10.7. The van der Waals surface area contributed by atoms with Crippen molar-refractivity contribution in [1.29, 1.82) is 0 Å². The average molecular weight is 431 g/mol. The van der Waals surface area contributed by atoms with E-state index in [2.05, 4.69) is 15.7 Å². The van der Waals surface area contributed by atoms with Crippen LogP contribution in [0.5, 0.6) is 0 Å². The predicted octanol–water partition coefficient (Wildman–Crippen LogP) is 3.71. The van der Waals surface area contributed by atoms with Gasteiger partial charge in [-0.3, -0.25) is 9.59 Å². The molecule has 8 heteroatoms. The third-order valence-electron chi connectivity index (χ3n) is 4.30. The van der Waals surface area contributed by atoms with Crippen molar-refractivity contribution < 1.29 is 9.59 Å². The number of carbonyl (C=O) groups excluding carboxylic acids is 2. The summed E-state index contributed by atoms with van der Waals surface area (Å²) in [5.41, 5.74) is 2.26. The Bertz CT molecular complexity index is 1020. The zero-order valence-electron chi connectivity index (χ0n) is 15.8. The van der Waals surface area contributed by atoms with E-state index in [1.807, 2.05) is 24.3 Å². The molecule has 3 rings (SSSR count). The molecule has 0 aliphatic carbocycles. The largest absolute Gasteiger partial charge is 0.350 e. The second kappa shape index (κ2) is 9.58. The Balaban J connectivity index is 1.57. The summed E-state index contributed by atoms with van der Waals surface area (Å²) in [6, 6.07) is 16.3. The van der Waals surface area contributed by atoms with Gasteiger partial charge in [-0.05, 0) is 30.7 Å². The van der Waals surface area contributed by atoms with Crippen LogP contribution in [-0.4, -0.2) is 34.7 Å². The number of nitrogens with zero attached hydrogens (tertiary/aromatic N) is 2. The van der Waals surface area contributed by atoms with Crippen molar-refractivity contribution in [3.8, 4) is 0 Å². The summed E-state index contributed by atoms with van der Waals surface area (Å²) in [4.78, 5) is 24.5. The summed E-state index contributed by atoms with van der Waals surface area (Å²) in [6.07, 6.45) is 0. The molecule has 1 aromatic heterocycles. The lowest BCUT2D eigenvalue weighted by Crippen LogP contribution is -2.34. The normalized spacial score (nSPS) is 10.6. The molecule has 0 fully saturated rings. The first-order valence-corrected chi connectivity index (χ1v) is 9.80. The fourth-order valence-corrected chi connectivity index (χ4v) is 3.35. The summed E-state index contributed by atoms with van der Waals surface area (Å²) in [7, 11) is 0. The minimum absolute atomic E-state index is 0.193. The highest BCUT2D eigenvalue weighted by atomic mass is 35.5. The van der Waals surface area contributed by atoms with E-state index in [0.717, 1.165) is 5.56 Å². The topological polar surface area (TPSA) is 76.0 Å². The van der Waals surface area contributed by atoms with Gasteiger partial charge in [0.25, 0.3) is 11.8 Å². The van der Waals surface area contributed by atoms with E-state index in [0.29, 0.717) is 34.9 Å². The van der Waals surface area contributed by atoms with Crippen LogP contribution in [0.1, 0.15) is 32.0 Å². The lowest BCUT2D eigenvalue weighted by molar-refractivity contribution is 0.0927.